The molecule has 116 valence electrons. The summed E-state index contributed by atoms with van der Waals surface area (Å²) in [5.74, 6) is 7.04. The van der Waals surface area contributed by atoms with Crippen molar-refractivity contribution in [2.75, 3.05) is 62.1 Å². The lowest BCUT2D eigenvalue weighted by Gasteiger charge is -2.27. The van der Waals surface area contributed by atoms with Gasteiger partial charge in [-0.3, -0.25) is 5.43 Å². The average Bonchev–Trinajstić information content (AvgIpc) is 2.93. The van der Waals surface area contributed by atoms with Gasteiger partial charge in [0.25, 0.3) is 0 Å². The van der Waals surface area contributed by atoms with Crippen LogP contribution in [0.25, 0.3) is 0 Å². The normalized spacial score (nSPS) is 23.3. The smallest absolute Gasteiger partial charge is 0.243 e. The number of hydrazine groups is 1. The predicted molar refractivity (Wildman–Crippen MR) is 80.2 cm³/mol. The molecule has 2 aliphatic heterocycles. The summed E-state index contributed by atoms with van der Waals surface area (Å²) < 4.78 is 5.35. The summed E-state index contributed by atoms with van der Waals surface area (Å²) >= 11 is 0. The number of likely N-dealkylation sites (N-methyl/N-ethyl adjacent to an activating group) is 1. The van der Waals surface area contributed by atoms with Gasteiger partial charge in [0.15, 0.2) is 0 Å². The Morgan fingerprint density at radius 2 is 1.90 bits per heavy atom. The third kappa shape index (κ3) is 3.49. The maximum absolute atomic E-state index is 5.47. The number of hydrogen-bond acceptors (Lipinski definition) is 9. The van der Waals surface area contributed by atoms with E-state index < -0.39 is 0 Å². The van der Waals surface area contributed by atoms with Gasteiger partial charge >= 0.3 is 0 Å². The highest BCUT2D eigenvalue weighted by atomic mass is 16.5. The minimum atomic E-state index is 0.362. The molecule has 2 fully saturated rings. The first-order chi connectivity index (χ1) is 10.2. The van der Waals surface area contributed by atoms with Crippen molar-refractivity contribution in [1.29, 1.82) is 0 Å². The zero-order valence-corrected chi connectivity index (χ0v) is 12.2. The number of likely N-dealkylation sites (tertiary alicyclic amines) is 1. The van der Waals surface area contributed by atoms with Crippen LogP contribution in [0.3, 0.4) is 0 Å². The van der Waals surface area contributed by atoms with Crippen molar-refractivity contribution in [3.05, 3.63) is 0 Å². The Bertz CT molecular complexity index is 478. The van der Waals surface area contributed by atoms with Crippen LogP contribution in [0.2, 0.25) is 0 Å². The van der Waals surface area contributed by atoms with E-state index in [0.717, 1.165) is 32.6 Å². The fraction of sp³-hybridized carbons (Fsp3) is 0.750. The largest absolute Gasteiger partial charge is 0.378 e. The van der Waals surface area contributed by atoms with Gasteiger partial charge in [0, 0.05) is 25.7 Å². The molecule has 9 nitrogen and oxygen atoms in total. The zero-order valence-electron chi connectivity index (χ0n) is 12.2. The number of rotatable bonds is 4. The highest BCUT2D eigenvalue weighted by Crippen LogP contribution is 2.17. The number of nitrogens with zero attached hydrogens (tertiary/aromatic N) is 5. The number of aromatic nitrogens is 3. The second-order valence-electron chi connectivity index (χ2n) is 5.42. The average molecular weight is 294 g/mol. The van der Waals surface area contributed by atoms with Crippen molar-refractivity contribution >= 4 is 17.8 Å². The fourth-order valence-corrected chi connectivity index (χ4v) is 2.63. The van der Waals surface area contributed by atoms with Gasteiger partial charge in [-0.25, -0.2) is 5.84 Å². The van der Waals surface area contributed by atoms with Crippen molar-refractivity contribution < 1.29 is 4.74 Å². The third-order valence-electron chi connectivity index (χ3n) is 3.77. The standard InChI is InChI=1S/C12H22N8O/c1-19-3-2-9(8-19)14-10-15-11(18-13)17-12(16-10)20-4-6-21-7-5-20/h9H,2-8,13H2,1H3,(H2,14,15,16,17,18). The molecule has 0 radical (unpaired) electrons. The SMILES string of the molecule is CN1CCC(Nc2nc(NN)nc(N3CCOCC3)n2)C1. The third-order valence-corrected chi connectivity index (χ3v) is 3.77. The van der Waals surface area contributed by atoms with E-state index in [-0.39, 0.29) is 0 Å². The molecular formula is C12H22N8O. The molecule has 21 heavy (non-hydrogen) atoms. The number of ether oxygens (including phenoxy) is 1. The molecule has 0 aromatic carbocycles. The van der Waals surface area contributed by atoms with E-state index in [9.17, 15) is 0 Å². The Labute approximate surface area is 123 Å². The van der Waals surface area contributed by atoms with Crippen LogP contribution in [0, 0.1) is 0 Å². The van der Waals surface area contributed by atoms with E-state index in [1.807, 2.05) is 0 Å². The Morgan fingerprint density at radius 1 is 1.14 bits per heavy atom. The molecule has 2 aliphatic rings. The van der Waals surface area contributed by atoms with Crippen molar-refractivity contribution in [3.63, 3.8) is 0 Å². The quantitative estimate of drug-likeness (QED) is 0.482. The molecule has 3 heterocycles. The van der Waals surface area contributed by atoms with E-state index in [1.165, 1.54) is 0 Å². The molecule has 0 aliphatic carbocycles. The van der Waals surface area contributed by atoms with Gasteiger partial charge in [0.05, 0.1) is 13.2 Å². The molecule has 0 spiro atoms. The molecule has 9 heteroatoms. The van der Waals surface area contributed by atoms with E-state index in [4.69, 9.17) is 10.6 Å². The van der Waals surface area contributed by atoms with Crippen LogP contribution in [0.4, 0.5) is 17.8 Å². The highest BCUT2D eigenvalue weighted by molar-refractivity contribution is 5.44. The summed E-state index contributed by atoms with van der Waals surface area (Å²) in [6.45, 7) is 5.00. The van der Waals surface area contributed by atoms with Crippen LogP contribution < -0.4 is 21.5 Å². The van der Waals surface area contributed by atoms with Crippen LogP contribution in [-0.4, -0.2) is 72.3 Å². The van der Waals surface area contributed by atoms with Crippen LogP contribution in [0.5, 0.6) is 0 Å². The Morgan fingerprint density at radius 3 is 2.57 bits per heavy atom. The molecule has 0 bridgehead atoms. The lowest BCUT2D eigenvalue weighted by molar-refractivity contribution is 0.122. The van der Waals surface area contributed by atoms with Gasteiger partial charge in [-0.2, -0.15) is 15.0 Å². The summed E-state index contributed by atoms with van der Waals surface area (Å²) in [4.78, 5) is 17.5. The molecule has 3 rings (SSSR count). The van der Waals surface area contributed by atoms with Crippen molar-refractivity contribution in [2.45, 2.75) is 12.5 Å². The number of nitrogen functional groups attached to an aromatic ring is 1. The van der Waals surface area contributed by atoms with Gasteiger partial charge < -0.3 is 19.9 Å². The van der Waals surface area contributed by atoms with Crippen LogP contribution in [-0.2, 0) is 4.74 Å². The van der Waals surface area contributed by atoms with Crippen LogP contribution >= 0.6 is 0 Å². The molecule has 1 aromatic rings. The molecule has 1 unspecified atom stereocenters. The second-order valence-corrected chi connectivity index (χ2v) is 5.42. The zero-order chi connectivity index (χ0) is 14.7. The van der Waals surface area contributed by atoms with Gasteiger partial charge in [-0.15, -0.1) is 0 Å². The minimum Gasteiger partial charge on any atom is -0.378 e. The molecule has 1 aromatic heterocycles. The highest BCUT2D eigenvalue weighted by Gasteiger charge is 2.22. The van der Waals surface area contributed by atoms with E-state index in [1.54, 1.807) is 0 Å². The van der Waals surface area contributed by atoms with Crippen LogP contribution in [0.1, 0.15) is 6.42 Å². The first-order valence-corrected chi connectivity index (χ1v) is 7.25. The number of hydrogen-bond donors (Lipinski definition) is 3. The number of morpholine rings is 1. The van der Waals surface area contributed by atoms with Gasteiger partial charge in [0.2, 0.25) is 17.8 Å². The monoisotopic (exact) mass is 294 g/mol. The number of anilines is 3. The summed E-state index contributed by atoms with van der Waals surface area (Å²) in [6.07, 6.45) is 1.08. The van der Waals surface area contributed by atoms with Gasteiger partial charge in [0.1, 0.15) is 0 Å². The number of nitrogens with one attached hydrogen (secondary N) is 2. The van der Waals surface area contributed by atoms with Crippen LogP contribution in [0.15, 0.2) is 0 Å². The van der Waals surface area contributed by atoms with Gasteiger partial charge in [-0.1, -0.05) is 0 Å². The van der Waals surface area contributed by atoms with Crippen molar-refractivity contribution in [2.24, 2.45) is 5.84 Å². The van der Waals surface area contributed by atoms with Crippen molar-refractivity contribution in [3.8, 4) is 0 Å². The topological polar surface area (TPSA) is 104 Å². The second kappa shape index (κ2) is 6.37. The van der Waals surface area contributed by atoms with E-state index in [0.29, 0.717) is 37.1 Å². The van der Waals surface area contributed by atoms with Crippen molar-refractivity contribution in [1.82, 2.24) is 19.9 Å². The minimum absolute atomic E-state index is 0.362. The van der Waals surface area contributed by atoms with E-state index in [2.05, 4.69) is 42.5 Å². The van der Waals surface area contributed by atoms with E-state index >= 15 is 0 Å². The Hall–Kier alpha value is -1.71. The molecule has 0 saturated carbocycles. The summed E-state index contributed by atoms with van der Waals surface area (Å²) in [7, 11) is 2.11. The Balaban J connectivity index is 1.75. The van der Waals surface area contributed by atoms with Gasteiger partial charge in [-0.05, 0) is 20.0 Å². The summed E-state index contributed by atoms with van der Waals surface area (Å²) in [5.41, 5.74) is 2.51. The Kier molecular flexibility index (Phi) is 4.32. The maximum Gasteiger partial charge on any atom is 0.243 e. The fourth-order valence-electron chi connectivity index (χ4n) is 2.63. The molecule has 0 amide bonds. The lowest BCUT2D eigenvalue weighted by atomic mass is 10.3. The first-order valence-electron chi connectivity index (χ1n) is 7.25. The lowest BCUT2D eigenvalue weighted by Crippen LogP contribution is -2.38. The predicted octanol–water partition coefficient (Wildman–Crippen LogP) is -0.890. The maximum atomic E-state index is 5.47. The summed E-state index contributed by atoms with van der Waals surface area (Å²) in [6, 6.07) is 0.362. The number of nitrogens with two attached hydrogens (primary N) is 1. The summed E-state index contributed by atoms with van der Waals surface area (Å²) in [5, 5.41) is 3.37. The molecule has 1 atom stereocenters. The molecule has 2 saturated heterocycles. The first kappa shape index (κ1) is 14.2. The molecular weight excluding hydrogens is 272 g/mol. The molecule has 4 N–H and O–H groups in total.